The topological polar surface area (TPSA) is 62.3 Å². The average molecular weight is 472 g/mol. The van der Waals surface area contributed by atoms with E-state index in [4.69, 9.17) is 0 Å². The van der Waals surface area contributed by atoms with Crippen LogP contribution >= 0.6 is 11.3 Å². The Kier molecular flexibility index (Phi) is 6.18. The minimum Gasteiger partial charge on any atom is -0.338 e. The van der Waals surface area contributed by atoms with E-state index >= 15 is 0 Å². The highest BCUT2D eigenvalue weighted by Gasteiger charge is 2.20. The molecule has 1 saturated heterocycles. The Hall–Kier alpha value is -3.84. The fraction of sp³-hybridized carbons (Fsp3) is 0.148. The van der Waals surface area contributed by atoms with Crippen molar-refractivity contribution in [2.24, 2.45) is 0 Å². The van der Waals surface area contributed by atoms with Gasteiger partial charge in [0.25, 0.3) is 11.8 Å². The molecule has 4 aromatic rings. The molecule has 1 fully saturated rings. The van der Waals surface area contributed by atoms with Crippen LogP contribution in [0.25, 0.3) is 16.3 Å². The van der Waals surface area contributed by atoms with Crippen LogP contribution in [0.4, 0.5) is 9.52 Å². The van der Waals surface area contributed by atoms with Crippen LogP contribution < -0.4 is 5.32 Å². The van der Waals surface area contributed by atoms with Crippen molar-refractivity contribution in [1.82, 2.24) is 9.88 Å². The molecule has 2 heterocycles. The smallest absolute Gasteiger partial charge is 0.260 e. The largest absolute Gasteiger partial charge is 0.338 e. The van der Waals surface area contributed by atoms with Gasteiger partial charge in [-0.25, -0.2) is 9.37 Å². The molecule has 3 aromatic carbocycles. The molecule has 7 heteroatoms. The second kappa shape index (κ2) is 9.57. The van der Waals surface area contributed by atoms with Gasteiger partial charge in [0.05, 0.1) is 15.8 Å². The minimum absolute atomic E-state index is 0.0234. The Bertz CT molecular complexity index is 1350. The number of para-hydroxylation sites is 1. The Balaban J connectivity index is 1.23. The van der Waals surface area contributed by atoms with Crippen LogP contribution in [0.2, 0.25) is 0 Å². The van der Waals surface area contributed by atoms with Crippen LogP contribution in [-0.4, -0.2) is 34.8 Å². The number of anilines is 1. The Morgan fingerprint density at radius 2 is 1.71 bits per heavy atom. The van der Waals surface area contributed by atoms with Gasteiger partial charge in [0.15, 0.2) is 5.13 Å². The highest BCUT2D eigenvalue weighted by Crippen LogP contribution is 2.26. The molecular formula is C27H22FN3O2S. The number of likely N-dealkylation sites (tertiary alicyclic amines) is 1. The molecule has 5 nitrogen and oxygen atoms in total. The predicted molar refractivity (Wildman–Crippen MR) is 134 cm³/mol. The van der Waals surface area contributed by atoms with E-state index < -0.39 is 11.7 Å². The number of rotatable bonds is 4. The number of carbonyl (C=O) groups is 2. The number of benzene rings is 3. The molecule has 0 spiro atoms. The molecule has 0 saturated carbocycles. The molecule has 0 bridgehead atoms. The van der Waals surface area contributed by atoms with Crippen LogP contribution in [-0.2, 0) is 0 Å². The third-order valence-electron chi connectivity index (χ3n) is 5.84. The number of amides is 2. The van der Waals surface area contributed by atoms with Crippen molar-refractivity contribution in [3.63, 3.8) is 0 Å². The van der Waals surface area contributed by atoms with E-state index in [0.29, 0.717) is 29.3 Å². The standard InChI is InChI=1S/C27H22FN3O2S/c28-22-17-19(16-18-12-14-31(15-13-18)26(33)20-6-2-1-3-7-20)10-11-21(22)25(32)30-27-29-23-8-4-5-9-24(23)34-27/h1-11,16-17H,12-15H2,(H,29,30,32). The highest BCUT2D eigenvalue weighted by molar-refractivity contribution is 7.22. The zero-order valence-electron chi connectivity index (χ0n) is 18.3. The molecule has 170 valence electrons. The fourth-order valence-electron chi connectivity index (χ4n) is 4.04. The summed E-state index contributed by atoms with van der Waals surface area (Å²) < 4.78 is 15.7. The van der Waals surface area contributed by atoms with Crippen molar-refractivity contribution in [3.05, 3.63) is 101 Å². The Labute approximate surface area is 200 Å². The van der Waals surface area contributed by atoms with Gasteiger partial charge in [0, 0.05) is 18.7 Å². The number of halogens is 1. The van der Waals surface area contributed by atoms with Gasteiger partial charge >= 0.3 is 0 Å². The Morgan fingerprint density at radius 1 is 0.971 bits per heavy atom. The summed E-state index contributed by atoms with van der Waals surface area (Å²) in [5, 5.41) is 3.13. The minimum atomic E-state index is -0.579. The van der Waals surface area contributed by atoms with E-state index in [9.17, 15) is 14.0 Å². The van der Waals surface area contributed by atoms with Gasteiger partial charge in [0.2, 0.25) is 0 Å². The number of aromatic nitrogens is 1. The van der Waals surface area contributed by atoms with Gasteiger partial charge in [0.1, 0.15) is 5.82 Å². The summed E-state index contributed by atoms with van der Waals surface area (Å²) in [6.45, 7) is 1.26. The first-order valence-electron chi connectivity index (χ1n) is 11.1. The van der Waals surface area contributed by atoms with Crippen molar-refractivity contribution >= 4 is 44.6 Å². The van der Waals surface area contributed by atoms with E-state index in [1.807, 2.05) is 65.6 Å². The maximum Gasteiger partial charge on any atom is 0.260 e. The first-order valence-corrected chi connectivity index (χ1v) is 11.9. The molecule has 1 N–H and O–H groups in total. The van der Waals surface area contributed by atoms with Crippen molar-refractivity contribution in [2.75, 3.05) is 18.4 Å². The first-order chi connectivity index (χ1) is 16.6. The number of fused-ring (bicyclic) bond motifs is 1. The average Bonchev–Trinajstić information content (AvgIpc) is 3.27. The second-order valence-electron chi connectivity index (χ2n) is 8.14. The quantitative estimate of drug-likeness (QED) is 0.397. The normalized spacial score (nSPS) is 13.7. The molecule has 0 unspecified atom stereocenters. The van der Waals surface area contributed by atoms with Crippen LogP contribution in [0, 0.1) is 5.82 Å². The molecule has 1 aliphatic rings. The van der Waals surface area contributed by atoms with Crippen molar-refractivity contribution in [3.8, 4) is 0 Å². The number of nitrogens with zero attached hydrogens (tertiary/aromatic N) is 2. The molecule has 0 atom stereocenters. The third-order valence-corrected chi connectivity index (χ3v) is 6.79. The fourth-order valence-corrected chi connectivity index (χ4v) is 4.90. The molecular weight excluding hydrogens is 449 g/mol. The number of carbonyl (C=O) groups excluding carboxylic acids is 2. The van der Waals surface area contributed by atoms with E-state index in [-0.39, 0.29) is 11.5 Å². The molecule has 1 aromatic heterocycles. The predicted octanol–water partition coefficient (Wildman–Crippen LogP) is 6.01. The van der Waals surface area contributed by atoms with E-state index in [1.54, 1.807) is 6.07 Å². The van der Waals surface area contributed by atoms with E-state index in [2.05, 4.69) is 10.3 Å². The van der Waals surface area contributed by atoms with Gasteiger partial charge < -0.3 is 4.90 Å². The zero-order valence-corrected chi connectivity index (χ0v) is 19.1. The number of piperidine rings is 1. The molecule has 5 rings (SSSR count). The van der Waals surface area contributed by atoms with E-state index in [0.717, 1.165) is 28.6 Å². The number of thiazole rings is 1. The van der Waals surface area contributed by atoms with E-state index in [1.165, 1.54) is 23.5 Å². The van der Waals surface area contributed by atoms with Gasteiger partial charge in [-0.05, 0) is 54.8 Å². The maximum absolute atomic E-state index is 14.8. The van der Waals surface area contributed by atoms with Crippen molar-refractivity contribution < 1.29 is 14.0 Å². The zero-order chi connectivity index (χ0) is 23.5. The second-order valence-corrected chi connectivity index (χ2v) is 9.17. The summed E-state index contributed by atoms with van der Waals surface area (Å²) in [6, 6.07) is 21.5. The van der Waals surface area contributed by atoms with Gasteiger partial charge in [-0.2, -0.15) is 0 Å². The summed E-state index contributed by atoms with van der Waals surface area (Å²) in [6.07, 6.45) is 3.42. The van der Waals surface area contributed by atoms with Gasteiger partial charge in [-0.3, -0.25) is 14.9 Å². The van der Waals surface area contributed by atoms with Crippen LogP contribution in [0.3, 0.4) is 0 Å². The van der Waals surface area contributed by atoms with Gasteiger partial charge in [-0.1, -0.05) is 59.4 Å². The lowest BCUT2D eigenvalue weighted by molar-refractivity contribution is 0.0744. The lowest BCUT2D eigenvalue weighted by Gasteiger charge is -2.28. The van der Waals surface area contributed by atoms with Crippen LogP contribution in [0.1, 0.15) is 39.1 Å². The summed E-state index contributed by atoms with van der Waals surface area (Å²) in [4.78, 5) is 31.4. The SMILES string of the molecule is O=C(Nc1nc2ccccc2s1)c1ccc(C=C2CCN(C(=O)c3ccccc3)CC2)cc1F. The summed E-state index contributed by atoms with van der Waals surface area (Å²) in [5.41, 5.74) is 3.32. The number of nitrogens with one attached hydrogen (secondary N) is 1. The van der Waals surface area contributed by atoms with Crippen LogP contribution in [0.15, 0.2) is 78.4 Å². The van der Waals surface area contributed by atoms with Crippen LogP contribution in [0.5, 0.6) is 0 Å². The molecule has 34 heavy (non-hydrogen) atoms. The number of hydrogen-bond acceptors (Lipinski definition) is 4. The molecule has 0 radical (unpaired) electrons. The van der Waals surface area contributed by atoms with Crippen molar-refractivity contribution in [2.45, 2.75) is 12.8 Å². The summed E-state index contributed by atoms with van der Waals surface area (Å²) >= 11 is 1.35. The molecule has 1 aliphatic heterocycles. The monoisotopic (exact) mass is 471 g/mol. The summed E-state index contributed by atoms with van der Waals surface area (Å²) in [7, 11) is 0. The third kappa shape index (κ3) is 4.75. The first kappa shape index (κ1) is 22.0. The highest BCUT2D eigenvalue weighted by atomic mass is 32.1. The lowest BCUT2D eigenvalue weighted by Crippen LogP contribution is -2.36. The summed E-state index contributed by atoms with van der Waals surface area (Å²) in [5.74, 6) is -1.07. The maximum atomic E-state index is 14.8. The van der Waals surface area contributed by atoms with Gasteiger partial charge in [-0.15, -0.1) is 0 Å². The number of hydrogen-bond donors (Lipinski definition) is 1. The molecule has 2 amide bonds. The molecule has 0 aliphatic carbocycles. The van der Waals surface area contributed by atoms with Crippen molar-refractivity contribution in [1.29, 1.82) is 0 Å². The Morgan fingerprint density at radius 3 is 2.44 bits per heavy atom. The lowest BCUT2D eigenvalue weighted by atomic mass is 9.99.